The highest BCUT2D eigenvalue weighted by Crippen LogP contribution is 2.28. The molecule has 1 heterocycles. The summed E-state index contributed by atoms with van der Waals surface area (Å²) in [6.07, 6.45) is 1.60. The summed E-state index contributed by atoms with van der Waals surface area (Å²) in [5.41, 5.74) is 2.51. The van der Waals surface area contributed by atoms with E-state index in [1.54, 1.807) is 23.7 Å². The van der Waals surface area contributed by atoms with Gasteiger partial charge in [-0.25, -0.2) is 4.98 Å². The largest absolute Gasteiger partial charge is 0.360 e. The Labute approximate surface area is 147 Å². The number of aromatic nitrogens is 1. The van der Waals surface area contributed by atoms with Gasteiger partial charge in [0.2, 0.25) is 0 Å². The van der Waals surface area contributed by atoms with Crippen LogP contribution in [0.5, 0.6) is 0 Å². The maximum absolute atomic E-state index is 10.9. The van der Waals surface area contributed by atoms with Crippen molar-refractivity contribution < 1.29 is 4.92 Å². The Kier molecular flexibility index (Phi) is 4.83. The van der Waals surface area contributed by atoms with Crippen molar-refractivity contribution in [2.45, 2.75) is 0 Å². The number of nitrogens with one attached hydrogen (secondary N) is 1. The molecular formula is C18H12N4O2S. The molecule has 0 amide bonds. The maximum atomic E-state index is 10.9. The van der Waals surface area contributed by atoms with Gasteiger partial charge in [0.1, 0.15) is 16.6 Å². The Morgan fingerprint density at radius 1 is 1.24 bits per heavy atom. The first-order chi connectivity index (χ1) is 12.2. The molecule has 0 atom stereocenters. The minimum atomic E-state index is -0.443. The van der Waals surface area contributed by atoms with Crippen molar-refractivity contribution in [3.05, 3.63) is 81.3 Å². The van der Waals surface area contributed by atoms with E-state index in [2.05, 4.69) is 16.4 Å². The molecule has 0 aliphatic carbocycles. The highest BCUT2D eigenvalue weighted by Gasteiger charge is 2.12. The zero-order valence-electron chi connectivity index (χ0n) is 12.9. The van der Waals surface area contributed by atoms with Crippen molar-refractivity contribution in [1.82, 2.24) is 4.98 Å². The van der Waals surface area contributed by atoms with Gasteiger partial charge in [0.15, 0.2) is 0 Å². The third kappa shape index (κ3) is 3.88. The maximum Gasteiger partial charge on any atom is 0.270 e. The summed E-state index contributed by atoms with van der Waals surface area (Å²) >= 11 is 1.31. The standard InChI is InChI=1S/C18H12N4O2S/c19-10-14(11-20-15-6-2-1-3-7-15)18-21-17(12-25-18)13-5-4-8-16(9-13)22(23)24/h1-9,11-12,20H. The first-order valence-electron chi connectivity index (χ1n) is 7.30. The average Bonchev–Trinajstić information content (AvgIpc) is 3.13. The quantitative estimate of drug-likeness (QED) is 0.410. The van der Waals surface area contributed by atoms with Gasteiger partial charge in [-0.2, -0.15) is 5.26 Å². The normalized spacial score (nSPS) is 10.9. The van der Waals surface area contributed by atoms with E-state index < -0.39 is 4.92 Å². The van der Waals surface area contributed by atoms with Crippen LogP contribution in [0.3, 0.4) is 0 Å². The van der Waals surface area contributed by atoms with Crippen molar-refractivity contribution in [3.63, 3.8) is 0 Å². The van der Waals surface area contributed by atoms with Crippen LogP contribution >= 0.6 is 11.3 Å². The number of benzene rings is 2. The van der Waals surface area contributed by atoms with Gasteiger partial charge in [-0.1, -0.05) is 30.3 Å². The Morgan fingerprint density at radius 2 is 2.04 bits per heavy atom. The predicted octanol–water partition coefficient (Wildman–Crippen LogP) is 4.69. The molecule has 0 saturated heterocycles. The van der Waals surface area contributed by atoms with Crippen molar-refractivity contribution >= 4 is 28.3 Å². The SMILES string of the molecule is N#CC(=CNc1ccccc1)c1nc(-c2cccc([N+](=O)[O-])c2)cs1. The topological polar surface area (TPSA) is 91.8 Å². The fourth-order valence-electron chi connectivity index (χ4n) is 2.14. The predicted molar refractivity (Wildman–Crippen MR) is 97.9 cm³/mol. The molecule has 25 heavy (non-hydrogen) atoms. The van der Waals surface area contributed by atoms with Gasteiger partial charge < -0.3 is 5.32 Å². The smallest absolute Gasteiger partial charge is 0.270 e. The van der Waals surface area contributed by atoms with Gasteiger partial charge in [0, 0.05) is 35.0 Å². The molecule has 0 aliphatic rings. The van der Waals surface area contributed by atoms with Crippen LogP contribution in [0.15, 0.2) is 66.2 Å². The molecular weight excluding hydrogens is 336 g/mol. The van der Waals surface area contributed by atoms with Crippen molar-refractivity contribution in [3.8, 4) is 17.3 Å². The fraction of sp³-hybridized carbons (Fsp3) is 0. The molecule has 0 spiro atoms. The summed E-state index contributed by atoms with van der Waals surface area (Å²) < 4.78 is 0. The summed E-state index contributed by atoms with van der Waals surface area (Å²) in [5.74, 6) is 0. The number of thiazole rings is 1. The number of nitrogens with zero attached hydrogens (tertiary/aromatic N) is 3. The second-order valence-corrected chi connectivity index (χ2v) is 5.88. The van der Waals surface area contributed by atoms with Crippen LogP contribution in [0, 0.1) is 21.4 Å². The van der Waals surface area contributed by atoms with E-state index in [9.17, 15) is 15.4 Å². The lowest BCUT2D eigenvalue weighted by atomic mass is 10.1. The minimum absolute atomic E-state index is 0.00819. The molecule has 2 aromatic carbocycles. The number of para-hydroxylation sites is 1. The van der Waals surface area contributed by atoms with Crippen LogP contribution in [-0.4, -0.2) is 9.91 Å². The number of rotatable bonds is 5. The van der Waals surface area contributed by atoms with E-state index in [0.717, 1.165) is 5.69 Å². The van der Waals surface area contributed by atoms with Crippen LogP contribution in [-0.2, 0) is 0 Å². The summed E-state index contributed by atoms with van der Waals surface area (Å²) in [4.78, 5) is 14.9. The molecule has 6 nitrogen and oxygen atoms in total. The van der Waals surface area contributed by atoms with E-state index >= 15 is 0 Å². The van der Waals surface area contributed by atoms with Crippen LogP contribution in [0.4, 0.5) is 11.4 Å². The Hall–Kier alpha value is -3.50. The molecule has 0 radical (unpaired) electrons. The van der Waals surface area contributed by atoms with Gasteiger partial charge in [-0.05, 0) is 12.1 Å². The zero-order valence-corrected chi connectivity index (χ0v) is 13.7. The molecule has 1 N–H and O–H groups in total. The third-order valence-electron chi connectivity index (χ3n) is 3.36. The lowest BCUT2D eigenvalue weighted by Gasteiger charge is -2.00. The van der Waals surface area contributed by atoms with Gasteiger partial charge in [-0.15, -0.1) is 11.3 Å². The van der Waals surface area contributed by atoms with E-state index in [1.807, 2.05) is 30.3 Å². The molecule has 122 valence electrons. The summed E-state index contributed by atoms with van der Waals surface area (Å²) in [5, 5.41) is 25.7. The molecule has 7 heteroatoms. The number of hydrogen-bond acceptors (Lipinski definition) is 6. The number of hydrogen-bond donors (Lipinski definition) is 1. The van der Waals surface area contributed by atoms with E-state index in [1.165, 1.54) is 23.5 Å². The van der Waals surface area contributed by atoms with Crippen LogP contribution < -0.4 is 5.32 Å². The Morgan fingerprint density at radius 3 is 2.76 bits per heavy atom. The minimum Gasteiger partial charge on any atom is -0.360 e. The Balaban J connectivity index is 1.85. The molecule has 3 rings (SSSR count). The van der Waals surface area contributed by atoms with Gasteiger partial charge in [0.25, 0.3) is 5.69 Å². The highest BCUT2D eigenvalue weighted by molar-refractivity contribution is 7.11. The van der Waals surface area contributed by atoms with Gasteiger partial charge in [-0.3, -0.25) is 10.1 Å². The monoisotopic (exact) mass is 348 g/mol. The summed E-state index contributed by atoms with van der Waals surface area (Å²) in [6, 6.07) is 17.9. The van der Waals surface area contributed by atoms with Crippen LogP contribution in [0.2, 0.25) is 0 Å². The molecule has 0 saturated carbocycles. The lowest BCUT2D eigenvalue weighted by molar-refractivity contribution is -0.384. The first kappa shape index (κ1) is 16.4. The fourth-order valence-corrected chi connectivity index (χ4v) is 2.94. The highest BCUT2D eigenvalue weighted by atomic mass is 32.1. The van der Waals surface area contributed by atoms with Gasteiger partial charge >= 0.3 is 0 Å². The molecule has 0 fully saturated rings. The molecule has 0 bridgehead atoms. The number of non-ortho nitro benzene ring substituents is 1. The molecule has 3 aromatic rings. The van der Waals surface area contributed by atoms with Crippen molar-refractivity contribution in [1.29, 1.82) is 5.26 Å². The zero-order chi connectivity index (χ0) is 17.6. The average molecular weight is 348 g/mol. The second-order valence-electron chi connectivity index (χ2n) is 5.03. The van der Waals surface area contributed by atoms with E-state index in [-0.39, 0.29) is 5.69 Å². The number of nitro benzene ring substituents is 1. The number of anilines is 1. The van der Waals surface area contributed by atoms with Gasteiger partial charge in [0.05, 0.1) is 10.6 Å². The molecule has 0 unspecified atom stereocenters. The van der Waals surface area contributed by atoms with E-state index in [4.69, 9.17) is 0 Å². The summed E-state index contributed by atoms with van der Waals surface area (Å²) in [6.45, 7) is 0. The molecule has 1 aromatic heterocycles. The second kappa shape index (κ2) is 7.38. The third-order valence-corrected chi connectivity index (χ3v) is 4.24. The number of nitriles is 1. The van der Waals surface area contributed by atoms with Crippen LogP contribution in [0.1, 0.15) is 5.01 Å². The lowest BCUT2D eigenvalue weighted by Crippen LogP contribution is -1.91. The van der Waals surface area contributed by atoms with E-state index in [0.29, 0.717) is 21.8 Å². The van der Waals surface area contributed by atoms with Crippen molar-refractivity contribution in [2.24, 2.45) is 0 Å². The van der Waals surface area contributed by atoms with Crippen molar-refractivity contribution in [2.75, 3.05) is 5.32 Å². The summed E-state index contributed by atoms with van der Waals surface area (Å²) in [7, 11) is 0. The number of nitro groups is 1. The first-order valence-corrected chi connectivity index (χ1v) is 8.18. The molecule has 0 aliphatic heterocycles. The Bertz CT molecular complexity index is 974. The number of allylic oxidation sites excluding steroid dienone is 1. The van der Waals surface area contributed by atoms with Crippen LogP contribution in [0.25, 0.3) is 16.8 Å².